The highest BCUT2D eigenvalue weighted by Gasteiger charge is 2.18. The van der Waals surface area contributed by atoms with Crippen molar-refractivity contribution in [1.82, 2.24) is 4.57 Å². The summed E-state index contributed by atoms with van der Waals surface area (Å²) < 4.78 is 8.83. The summed E-state index contributed by atoms with van der Waals surface area (Å²) in [6, 6.07) is 78.2. The molecule has 0 aliphatic carbocycles. The third-order valence-electron chi connectivity index (χ3n) is 11.2. The number of fused-ring (bicyclic) bond motifs is 6. The van der Waals surface area contributed by atoms with Crippen molar-refractivity contribution in [3.8, 4) is 39.1 Å². The second-order valence-electron chi connectivity index (χ2n) is 14.5. The molecule has 0 amide bonds. The Kier molecular flexibility index (Phi) is 7.82. The van der Waals surface area contributed by atoms with Gasteiger partial charge in [-0.05, 0) is 118 Å². The lowest BCUT2D eigenvalue weighted by atomic mass is 9.90. The molecule has 2 aromatic heterocycles. The van der Waals surface area contributed by atoms with Gasteiger partial charge in [-0.25, -0.2) is 0 Å². The van der Waals surface area contributed by atoms with Crippen molar-refractivity contribution in [1.29, 1.82) is 0 Å². The molecule has 2 heterocycles. The van der Waals surface area contributed by atoms with Gasteiger partial charge >= 0.3 is 0 Å². The summed E-state index contributed by atoms with van der Waals surface area (Å²) in [5, 5.41) is 4.74. The maximum Gasteiger partial charge on any atom is 0.136 e. The Labute approximate surface area is 330 Å². The normalized spacial score (nSPS) is 11.5. The van der Waals surface area contributed by atoms with Crippen molar-refractivity contribution in [3.63, 3.8) is 0 Å². The summed E-state index contributed by atoms with van der Waals surface area (Å²) >= 11 is 0. The highest BCUT2D eigenvalue weighted by atomic mass is 16.3. The molecule has 11 aromatic rings. The number of aromatic nitrogens is 1. The third kappa shape index (κ3) is 5.68. The van der Waals surface area contributed by atoms with E-state index < -0.39 is 0 Å². The molecule has 0 unspecified atom stereocenters. The third-order valence-corrected chi connectivity index (χ3v) is 11.2. The fourth-order valence-electron chi connectivity index (χ4n) is 8.53. The fourth-order valence-corrected chi connectivity index (χ4v) is 8.53. The van der Waals surface area contributed by atoms with Gasteiger partial charge in [0.2, 0.25) is 0 Å². The molecule has 0 radical (unpaired) electrons. The summed E-state index contributed by atoms with van der Waals surface area (Å²) in [4.78, 5) is 2.32. The minimum Gasteiger partial charge on any atom is -0.456 e. The van der Waals surface area contributed by atoms with Crippen LogP contribution in [0.4, 0.5) is 17.1 Å². The quantitative estimate of drug-likeness (QED) is 0.163. The van der Waals surface area contributed by atoms with Gasteiger partial charge in [-0.3, -0.25) is 0 Å². The fraction of sp³-hybridized carbons (Fsp3) is 0. The number of anilines is 3. The number of hydrogen-bond donors (Lipinski definition) is 0. The van der Waals surface area contributed by atoms with Gasteiger partial charge in [0.1, 0.15) is 11.2 Å². The molecule has 0 atom stereocenters. The summed E-state index contributed by atoms with van der Waals surface area (Å²) in [6.45, 7) is 0. The van der Waals surface area contributed by atoms with Gasteiger partial charge in [-0.15, -0.1) is 0 Å². The van der Waals surface area contributed by atoms with E-state index in [9.17, 15) is 0 Å². The van der Waals surface area contributed by atoms with Gasteiger partial charge in [0.25, 0.3) is 0 Å². The lowest BCUT2D eigenvalue weighted by Gasteiger charge is -2.26. The number of rotatable bonds is 7. The molecule has 0 aliphatic rings. The van der Waals surface area contributed by atoms with E-state index in [0.717, 1.165) is 78.1 Å². The Morgan fingerprint density at radius 2 is 0.877 bits per heavy atom. The lowest BCUT2D eigenvalue weighted by molar-refractivity contribution is 0.669. The van der Waals surface area contributed by atoms with Crippen molar-refractivity contribution >= 4 is 60.8 Å². The molecule has 0 saturated heterocycles. The molecule has 9 aromatic carbocycles. The lowest BCUT2D eigenvalue weighted by Crippen LogP contribution is -2.09. The Morgan fingerprint density at radius 3 is 1.67 bits per heavy atom. The summed E-state index contributed by atoms with van der Waals surface area (Å²) in [5.41, 5.74) is 15.5. The van der Waals surface area contributed by atoms with Crippen molar-refractivity contribution in [3.05, 3.63) is 218 Å². The minimum atomic E-state index is 0.881. The molecule has 3 heteroatoms. The van der Waals surface area contributed by atoms with E-state index in [-0.39, 0.29) is 0 Å². The first-order chi connectivity index (χ1) is 28.3. The highest BCUT2D eigenvalue weighted by molar-refractivity contribution is 6.10. The molecule has 57 heavy (non-hydrogen) atoms. The molecule has 0 N–H and O–H groups in total. The predicted molar refractivity (Wildman–Crippen MR) is 239 cm³/mol. The van der Waals surface area contributed by atoms with Crippen LogP contribution in [0.2, 0.25) is 0 Å². The number of nitrogens with zero attached hydrogens (tertiary/aromatic N) is 2. The van der Waals surface area contributed by atoms with Crippen LogP contribution >= 0.6 is 0 Å². The molecule has 3 nitrogen and oxygen atoms in total. The molecule has 0 aliphatic heterocycles. The number of benzene rings is 9. The van der Waals surface area contributed by atoms with E-state index in [4.69, 9.17) is 4.42 Å². The number of hydrogen-bond acceptors (Lipinski definition) is 2. The summed E-state index contributed by atoms with van der Waals surface area (Å²) in [6.07, 6.45) is 0. The minimum absolute atomic E-state index is 0.881. The van der Waals surface area contributed by atoms with Gasteiger partial charge in [-0.2, -0.15) is 0 Å². The zero-order valence-electron chi connectivity index (χ0n) is 31.1. The van der Waals surface area contributed by atoms with Gasteiger partial charge < -0.3 is 13.9 Å². The maximum absolute atomic E-state index is 6.45. The molecule has 0 saturated carbocycles. The van der Waals surface area contributed by atoms with E-state index >= 15 is 0 Å². The number of para-hydroxylation sites is 5. The SMILES string of the molecule is c1ccc(N(c2ccccc2)c2cccc(-c3ccc(-c4ccc5c6ccccc6n(-c6ccccc6)c5c4)cc3-c3ccc4c(c3)oc3ccccc34)c2)cc1. The summed E-state index contributed by atoms with van der Waals surface area (Å²) in [7, 11) is 0. The smallest absolute Gasteiger partial charge is 0.136 e. The zero-order valence-corrected chi connectivity index (χ0v) is 31.1. The van der Waals surface area contributed by atoms with Gasteiger partial charge in [0.05, 0.1) is 11.0 Å². The first-order valence-corrected chi connectivity index (χ1v) is 19.4. The highest BCUT2D eigenvalue weighted by Crippen LogP contribution is 2.42. The molecule has 0 spiro atoms. The van der Waals surface area contributed by atoms with E-state index in [0.29, 0.717) is 0 Å². The summed E-state index contributed by atoms with van der Waals surface area (Å²) in [5.74, 6) is 0. The van der Waals surface area contributed by atoms with Crippen molar-refractivity contribution in [2.24, 2.45) is 0 Å². The van der Waals surface area contributed by atoms with E-state index in [1.54, 1.807) is 0 Å². The van der Waals surface area contributed by atoms with Crippen LogP contribution in [0.15, 0.2) is 223 Å². The van der Waals surface area contributed by atoms with Gasteiger partial charge in [-0.1, -0.05) is 133 Å². The monoisotopic (exact) mass is 728 g/mol. The van der Waals surface area contributed by atoms with Crippen molar-refractivity contribution < 1.29 is 4.42 Å². The first kappa shape index (κ1) is 32.8. The molecule has 0 bridgehead atoms. The van der Waals surface area contributed by atoms with Crippen LogP contribution in [0.25, 0.3) is 82.8 Å². The van der Waals surface area contributed by atoms with Crippen LogP contribution in [0, 0.1) is 0 Å². The van der Waals surface area contributed by atoms with Gasteiger partial charge in [0, 0.05) is 44.3 Å². The largest absolute Gasteiger partial charge is 0.456 e. The van der Waals surface area contributed by atoms with E-state index in [1.807, 2.05) is 12.1 Å². The molecular formula is C54H36N2O. The van der Waals surface area contributed by atoms with Crippen LogP contribution in [-0.2, 0) is 0 Å². The topological polar surface area (TPSA) is 21.3 Å². The maximum atomic E-state index is 6.45. The van der Waals surface area contributed by atoms with Crippen LogP contribution in [0.1, 0.15) is 0 Å². The van der Waals surface area contributed by atoms with Gasteiger partial charge in [0.15, 0.2) is 0 Å². The average Bonchev–Trinajstić information content (AvgIpc) is 3.82. The van der Waals surface area contributed by atoms with Crippen LogP contribution in [-0.4, -0.2) is 4.57 Å². The predicted octanol–water partition coefficient (Wildman–Crippen LogP) is 15.2. The standard InChI is InChI=1S/C54H36N2O/c1-4-16-41(17-5-1)55(42-18-6-2-7-19-42)44-22-14-15-39(33-44)45-30-27-37(34-50(45)40-29-32-49-48-24-11-13-26-53(48)57-54(49)36-40)38-28-31-47-46-23-10-12-25-51(46)56(52(47)35-38)43-20-8-3-9-21-43/h1-36H. The number of furan rings is 1. The molecular weight excluding hydrogens is 693 g/mol. The van der Waals surface area contributed by atoms with Crippen molar-refractivity contribution in [2.45, 2.75) is 0 Å². The molecule has 0 fully saturated rings. The van der Waals surface area contributed by atoms with Crippen molar-refractivity contribution in [2.75, 3.05) is 4.90 Å². The Morgan fingerprint density at radius 1 is 0.316 bits per heavy atom. The van der Waals surface area contributed by atoms with Crippen LogP contribution < -0.4 is 4.90 Å². The Balaban J connectivity index is 1.11. The van der Waals surface area contributed by atoms with Crippen LogP contribution in [0.3, 0.4) is 0 Å². The first-order valence-electron chi connectivity index (χ1n) is 19.4. The Bertz CT molecular complexity index is 3190. The van der Waals surface area contributed by atoms with E-state index in [1.165, 1.54) is 21.8 Å². The second kappa shape index (κ2) is 13.6. The average molecular weight is 729 g/mol. The zero-order chi connectivity index (χ0) is 37.7. The Hall–Kier alpha value is -7.62. The van der Waals surface area contributed by atoms with E-state index in [2.05, 4.69) is 216 Å². The molecule has 11 rings (SSSR count). The molecule has 268 valence electrons. The second-order valence-corrected chi connectivity index (χ2v) is 14.5. The van der Waals surface area contributed by atoms with Crippen LogP contribution in [0.5, 0.6) is 0 Å².